The van der Waals surface area contributed by atoms with Crippen LogP contribution in [0.2, 0.25) is 0 Å². The maximum Gasteiger partial charge on any atom is 0.136 e. The lowest BCUT2D eigenvalue weighted by Gasteiger charge is -2.29. The van der Waals surface area contributed by atoms with Gasteiger partial charge in [-0.1, -0.05) is 194 Å². The van der Waals surface area contributed by atoms with Crippen LogP contribution in [0.5, 0.6) is 0 Å². The van der Waals surface area contributed by atoms with Gasteiger partial charge in [-0.05, 0) is 146 Å². The molecule has 0 radical (unpaired) electrons. The highest BCUT2D eigenvalue weighted by atomic mass is 16.3. The Balaban J connectivity index is 0.963. The number of fused-ring (bicyclic) bond motifs is 7. The van der Waals surface area contributed by atoms with Crippen LogP contribution in [0.3, 0.4) is 0 Å². The van der Waals surface area contributed by atoms with Crippen molar-refractivity contribution in [3.05, 3.63) is 269 Å². The van der Waals surface area contributed by atoms with Crippen LogP contribution in [0.25, 0.3) is 78.1 Å². The van der Waals surface area contributed by atoms with E-state index in [0.29, 0.717) is 0 Å². The zero-order valence-electron chi connectivity index (χ0n) is 37.9. The number of benzene rings is 10. The molecule has 322 valence electrons. The zero-order valence-corrected chi connectivity index (χ0v) is 37.9. The number of rotatable bonds is 8. The van der Waals surface area contributed by atoms with E-state index in [4.69, 9.17) is 4.42 Å². The van der Waals surface area contributed by atoms with Gasteiger partial charge in [-0.3, -0.25) is 0 Å². The summed E-state index contributed by atoms with van der Waals surface area (Å²) in [5.74, 6) is 0. The van der Waals surface area contributed by atoms with Crippen LogP contribution in [-0.4, -0.2) is 0 Å². The first-order valence-electron chi connectivity index (χ1n) is 23.8. The Labute approximate surface area is 397 Å². The van der Waals surface area contributed by atoms with Gasteiger partial charge in [0.25, 0.3) is 0 Å². The van der Waals surface area contributed by atoms with Crippen LogP contribution in [0.15, 0.2) is 241 Å². The van der Waals surface area contributed by atoms with Gasteiger partial charge in [-0.15, -0.1) is 0 Å². The predicted octanol–water partition coefficient (Wildman–Crippen LogP) is 16.2. The smallest absolute Gasteiger partial charge is 0.136 e. The highest BCUT2D eigenvalue weighted by molar-refractivity contribution is 6.12. The Morgan fingerprint density at radius 2 is 1.01 bits per heavy atom. The van der Waals surface area contributed by atoms with Gasteiger partial charge in [0.05, 0.1) is 5.69 Å². The lowest BCUT2D eigenvalue weighted by Crippen LogP contribution is -2.32. The van der Waals surface area contributed by atoms with Gasteiger partial charge in [0.1, 0.15) is 11.2 Å². The third-order valence-electron chi connectivity index (χ3n) is 14.7. The number of furan rings is 1. The van der Waals surface area contributed by atoms with Gasteiger partial charge in [-0.2, -0.15) is 0 Å². The monoisotopic (exact) mass is 869 g/mol. The molecule has 2 heteroatoms. The van der Waals surface area contributed by atoms with E-state index in [2.05, 4.69) is 248 Å². The van der Waals surface area contributed by atoms with Gasteiger partial charge < -0.3 is 9.32 Å². The standard InChI is InChI=1S/C66H47NO/c1-66(49-21-6-3-7-22-49)59-29-11-8-23-54(59)55-42-37-48(43-60(55)66)44-33-38-50(39-34-44)67(51-40-35-46(36-41-51)53-27-16-32-63-65(53)58-25-10-13-31-62(58)68-63)61-30-12-9-24-56(61)57-28-15-20-47-19-14-26-52(64(47)57)45-17-4-2-5-18-45/h2-14,16-27,29-43H,15,28H2,1H3. The van der Waals surface area contributed by atoms with Gasteiger partial charge in [-0.25, -0.2) is 0 Å². The second-order valence-electron chi connectivity index (χ2n) is 18.4. The summed E-state index contributed by atoms with van der Waals surface area (Å²) >= 11 is 0. The van der Waals surface area contributed by atoms with Crippen molar-refractivity contribution in [3.63, 3.8) is 0 Å². The first-order chi connectivity index (χ1) is 33.6. The summed E-state index contributed by atoms with van der Waals surface area (Å²) in [6.45, 7) is 2.39. The number of nitrogens with zero attached hydrogens (tertiary/aromatic N) is 1. The van der Waals surface area contributed by atoms with Crippen LogP contribution < -0.4 is 15.3 Å². The summed E-state index contributed by atoms with van der Waals surface area (Å²) in [4.78, 5) is 2.46. The van der Waals surface area contributed by atoms with E-state index < -0.39 is 0 Å². The second kappa shape index (κ2) is 16.2. The molecule has 0 aliphatic heterocycles. The Kier molecular flexibility index (Phi) is 9.47. The van der Waals surface area contributed by atoms with Crippen molar-refractivity contribution >= 4 is 50.6 Å². The summed E-state index contributed by atoms with van der Waals surface area (Å²) in [7, 11) is 0. The topological polar surface area (TPSA) is 16.4 Å². The molecule has 1 unspecified atom stereocenters. The minimum Gasteiger partial charge on any atom is -0.456 e. The SMILES string of the molecule is CC1(c2ccccc2)c2ccccc2-c2ccc(-c3ccc(N(c4ccc(-c5cccc6oc7ccccc7c56)cc4)c4ccccc4C4=c5c(-c6ccccc6)cccc5=CCC4)cc3)cc21. The molecular formula is C66H47NO. The van der Waals surface area contributed by atoms with Crippen LogP contribution >= 0.6 is 0 Å². The molecule has 68 heavy (non-hydrogen) atoms. The molecule has 2 nitrogen and oxygen atoms in total. The fourth-order valence-corrected chi connectivity index (χ4v) is 11.4. The lowest BCUT2D eigenvalue weighted by molar-refractivity contribution is 0.669. The molecule has 1 atom stereocenters. The average molecular weight is 870 g/mol. The lowest BCUT2D eigenvalue weighted by atomic mass is 9.74. The van der Waals surface area contributed by atoms with E-state index in [1.807, 2.05) is 6.07 Å². The molecular weight excluding hydrogens is 823 g/mol. The van der Waals surface area contributed by atoms with Crippen molar-refractivity contribution in [2.45, 2.75) is 25.2 Å². The zero-order chi connectivity index (χ0) is 45.2. The minimum absolute atomic E-state index is 0.264. The Hall–Kier alpha value is -8.46. The highest BCUT2D eigenvalue weighted by Gasteiger charge is 2.40. The molecule has 11 aromatic rings. The molecule has 0 saturated heterocycles. The third kappa shape index (κ3) is 6.40. The van der Waals surface area contributed by atoms with Crippen molar-refractivity contribution in [2.75, 3.05) is 4.90 Å². The number of para-hydroxylation sites is 2. The number of anilines is 3. The fourth-order valence-electron chi connectivity index (χ4n) is 11.4. The molecule has 0 amide bonds. The second-order valence-corrected chi connectivity index (χ2v) is 18.4. The number of hydrogen-bond acceptors (Lipinski definition) is 2. The Morgan fingerprint density at radius 1 is 0.426 bits per heavy atom. The Morgan fingerprint density at radius 3 is 1.82 bits per heavy atom. The van der Waals surface area contributed by atoms with Crippen molar-refractivity contribution < 1.29 is 4.42 Å². The quantitative estimate of drug-likeness (QED) is 0.151. The molecule has 0 saturated carbocycles. The van der Waals surface area contributed by atoms with E-state index in [9.17, 15) is 0 Å². The first-order valence-corrected chi connectivity index (χ1v) is 23.8. The molecule has 0 N–H and O–H groups in total. The molecule has 0 spiro atoms. The summed E-state index contributed by atoms with van der Waals surface area (Å²) in [6, 6.07) is 86.7. The third-order valence-corrected chi connectivity index (χ3v) is 14.7. The molecule has 10 aromatic carbocycles. The summed E-state index contributed by atoms with van der Waals surface area (Å²) in [6.07, 6.45) is 4.35. The van der Waals surface area contributed by atoms with E-state index in [1.165, 1.54) is 71.6 Å². The van der Waals surface area contributed by atoms with Gasteiger partial charge >= 0.3 is 0 Å². The average Bonchev–Trinajstić information content (AvgIpc) is 3.92. The van der Waals surface area contributed by atoms with Crippen LogP contribution in [-0.2, 0) is 5.41 Å². The van der Waals surface area contributed by atoms with Crippen LogP contribution in [0.4, 0.5) is 17.1 Å². The van der Waals surface area contributed by atoms with E-state index in [0.717, 1.165) is 63.0 Å². The Bertz CT molecular complexity index is 3850. The molecule has 2 aliphatic carbocycles. The molecule has 1 aromatic heterocycles. The molecule has 0 fully saturated rings. The molecule has 2 aliphatic rings. The van der Waals surface area contributed by atoms with Gasteiger partial charge in [0.2, 0.25) is 0 Å². The van der Waals surface area contributed by atoms with Crippen molar-refractivity contribution in [2.24, 2.45) is 0 Å². The molecule has 1 heterocycles. The predicted molar refractivity (Wildman–Crippen MR) is 284 cm³/mol. The number of hydrogen-bond donors (Lipinski definition) is 0. The van der Waals surface area contributed by atoms with Crippen LogP contribution in [0.1, 0.15) is 42.0 Å². The summed E-state index contributed by atoms with van der Waals surface area (Å²) < 4.78 is 6.32. The van der Waals surface area contributed by atoms with Crippen LogP contribution in [0, 0.1) is 0 Å². The maximum absolute atomic E-state index is 6.32. The maximum atomic E-state index is 6.32. The summed E-state index contributed by atoms with van der Waals surface area (Å²) in [5.41, 5.74) is 21.3. The van der Waals surface area contributed by atoms with E-state index >= 15 is 0 Å². The highest BCUT2D eigenvalue weighted by Crippen LogP contribution is 2.53. The van der Waals surface area contributed by atoms with Gasteiger partial charge in [0, 0.05) is 33.1 Å². The van der Waals surface area contributed by atoms with E-state index in [1.54, 1.807) is 0 Å². The fraction of sp³-hybridized carbons (Fsp3) is 0.0606. The van der Waals surface area contributed by atoms with Gasteiger partial charge in [0.15, 0.2) is 0 Å². The van der Waals surface area contributed by atoms with Crippen molar-refractivity contribution in [1.82, 2.24) is 0 Å². The molecule has 13 rings (SSSR count). The first kappa shape index (κ1) is 39.9. The summed E-state index contributed by atoms with van der Waals surface area (Å²) in [5, 5.41) is 4.90. The van der Waals surface area contributed by atoms with Crippen molar-refractivity contribution in [1.29, 1.82) is 0 Å². The largest absolute Gasteiger partial charge is 0.456 e. The molecule has 0 bridgehead atoms. The minimum atomic E-state index is -0.264. The van der Waals surface area contributed by atoms with E-state index in [-0.39, 0.29) is 5.41 Å². The normalized spacial score (nSPS) is 14.9. The van der Waals surface area contributed by atoms with Crippen molar-refractivity contribution in [3.8, 4) is 44.5 Å².